The fourth-order valence-electron chi connectivity index (χ4n) is 1.78. The minimum atomic E-state index is 0.874. The molecule has 0 aromatic carbocycles. The number of hydrogen-bond donors (Lipinski definition) is 1. The van der Waals surface area contributed by atoms with E-state index >= 15 is 0 Å². The molecular weight excluding hydrogens is 146 g/mol. The first kappa shape index (κ1) is 9.53. The molecule has 0 atom stereocenters. The topological polar surface area (TPSA) is 12.0 Å². The van der Waals surface area contributed by atoms with Gasteiger partial charge < -0.3 is 5.32 Å². The van der Waals surface area contributed by atoms with E-state index in [1.165, 1.54) is 37.9 Å². The second-order valence-corrected chi connectivity index (χ2v) is 3.64. The summed E-state index contributed by atoms with van der Waals surface area (Å²) in [6.07, 6.45) is 6.77. The molecular formula is C11H19N. The molecule has 1 nitrogen and oxygen atoms in total. The van der Waals surface area contributed by atoms with Crippen molar-refractivity contribution < 1.29 is 0 Å². The molecule has 0 radical (unpaired) electrons. The van der Waals surface area contributed by atoms with Crippen molar-refractivity contribution in [2.45, 2.75) is 25.7 Å². The lowest BCUT2D eigenvalue weighted by Crippen LogP contribution is -2.27. The van der Waals surface area contributed by atoms with Crippen LogP contribution in [0, 0.1) is 5.92 Å². The first-order chi connectivity index (χ1) is 5.83. The summed E-state index contributed by atoms with van der Waals surface area (Å²) in [5.41, 5.74) is 1.34. The van der Waals surface area contributed by atoms with Gasteiger partial charge in [0, 0.05) is 0 Å². The van der Waals surface area contributed by atoms with E-state index in [1.54, 1.807) is 0 Å². The Kier molecular flexibility index (Phi) is 4.09. The molecule has 1 heterocycles. The second-order valence-electron chi connectivity index (χ2n) is 3.64. The van der Waals surface area contributed by atoms with Crippen molar-refractivity contribution in [3.63, 3.8) is 0 Å². The van der Waals surface area contributed by atoms with Crippen LogP contribution in [-0.2, 0) is 0 Å². The van der Waals surface area contributed by atoms with Crippen LogP contribution in [-0.4, -0.2) is 13.1 Å². The zero-order valence-electron chi connectivity index (χ0n) is 7.81. The third-order valence-corrected chi connectivity index (χ3v) is 2.47. The van der Waals surface area contributed by atoms with Crippen LogP contribution in [0.25, 0.3) is 0 Å². The molecule has 0 aliphatic carbocycles. The van der Waals surface area contributed by atoms with Crippen LogP contribution < -0.4 is 5.32 Å². The van der Waals surface area contributed by atoms with Gasteiger partial charge >= 0.3 is 0 Å². The monoisotopic (exact) mass is 165 g/mol. The molecule has 1 heteroatoms. The first-order valence-corrected chi connectivity index (χ1v) is 4.81. The standard InChI is InChI=1S/C11H19N/c1-3-4-10(2)9-11-5-7-12-8-6-11/h3,11-12H,1-2,4-9H2. The fourth-order valence-corrected chi connectivity index (χ4v) is 1.78. The molecule has 1 N–H and O–H groups in total. The Bertz CT molecular complexity index is 154. The maximum absolute atomic E-state index is 4.05. The highest BCUT2D eigenvalue weighted by molar-refractivity contribution is 5.01. The molecule has 0 aromatic heterocycles. The van der Waals surface area contributed by atoms with E-state index in [-0.39, 0.29) is 0 Å². The molecule has 0 aromatic rings. The predicted molar refractivity (Wildman–Crippen MR) is 54.2 cm³/mol. The van der Waals surface area contributed by atoms with Gasteiger partial charge in [0.1, 0.15) is 0 Å². The summed E-state index contributed by atoms with van der Waals surface area (Å²) in [4.78, 5) is 0. The molecule has 1 fully saturated rings. The molecule has 0 bridgehead atoms. The van der Waals surface area contributed by atoms with E-state index in [0.29, 0.717) is 0 Å². The van der Waals surface area contributed by atoms with Gasteiger partial charge in [-0.2, -0.15) is 0 Å². The lowest BCUT2D eigenvalue weighted by Gasteiger charge is -2.22. The number of rotatable bonds is 4. The largest absolute Gasteiger partial charge is 0.317 e. The zero-order chi connectivity index (χ0) is 8.81. The second kappa shape index (κ2) is 5.15. The van der Waals surface area contributed by atoms with Crippen molar-refractivity contribution in [3.8, 4) is 0 Å². The summed E-state index contributed by atoms with van der Waals surface area (Å²) in [7, 11) is 0. The van der Waals surface area contributed by atoms with Crippen LogP contribution in [0.15, 0.2) is 24.8 Å². The summed E-state index contributed by atoms with van der Waals surface area (Å²) in [6.45, 7) is 10.1. The van der Waals surface area contributed by atoms with Crippen LogP contribution >= 0.6 is 0 Å². The van der Waals surface area contributed by atoms with Crippen molar-refractivity contribution in [2.24, 2.45) is 5.92 Å². The van der Waals surface area contributed by atoms with E-state index < -0.39 is 0 Å². The van der Waals surface area contributed by atoms with E-state index in [2.05, 4.69) is 18.5 Å². The molecule has 1 aliphatic heterocycles. The van der Waals surface area contributed by atoms with Crippen molar-refractivity contribution in [1.29, 1.82) is 0 Å². The van der Waals surface area contributed by atoms with Crippen LogP contribution in [0.4, 0.5) is 0 Å². The molecule has 68 valence electrons. The van der Waals surface area contributed by atoms with Crippen LogP contribution in [0.2, 0.25) is 0 Å². The number of nitrogens with one attached hydrogen (secondary N) is 1. The summed E-state index contributed by atoms with van der Waals surface area (Å²) >= 11 is 0. The van der Waals surface area contributed by atoms with E-state index in [1.807, 2.05) is 6.08 Å². The summed E-state index contributed by atoms with van der Waals surface area (Å²) in [6, 6.07) is 0. The highest BCUT2D eigenvalue weighted by atomic mass is 14.9. The van der Waals surface area contributed by atoms with Crippen LogP contribution in [0.3, 0.4) is 0 Å². The van der Waals surface area contributed by atoms with E-state index in [9.17, 15) is 0 Å². The van der Waals surface area contributed by atoms with Crippen LogP contribution in [0.5, 0.6) is 0 Å². The molecule has 0 spiro atoms. The predicted octanol–water partition coefficient (Wildman–Crippen LogP) is 2.51. The summed E-state index contributed by atoms with van der Waals surface area (Å²) < 4.78 is 0. The minimum Gasteiger partial charge on any atom is -0.317 e. The Balaban J connectivity index is 2.19. The van der Waals surface area contributed by atoms with Gasteiger partial charge in [-0.1, -0.05) is 18.2 Å². The van der Waals surface area contributed by atoms with Gasteiger partial charge in [0.25, 0.3) is 0 Å². The Morgan fingerprint density at radius 1 is 1.42 bits per heavy atom. The van der Waals surface area contributed by atoms with Gasteiger partial charge in [-0.25, -0.2) is 0 Å². The maximum Gasteiger partial charge on any atom is -0.00462 e. The molecule has 1 rings (SSSR count). The normalized spacial score (nSPS) is 19.0. The smallest absolute Gasteiger partial charge is 0.00462 e. The Hall–Kier alpha value is -0.560. The third kappa shape index (κ3) is 3.22. The maximum atomic E-state index is 4.05. The SMILES string of the molecule is C=CCC(=C)CC1CCNCC1. The van der Waals surface area contributed by atoms with Crippen molar-refractivity contribution in [2.75, 3.05) is 13.1 Å². The third-order valence-electron chi connectivity index (χ3n) is 2.47. The lowest BCUT2D eigenvalue weighted by molar-refractivity contribution is 0.371. The molecule has 12 heavy (non-hydrogen) atoms. The van der Waals surface area contributed by atoms with E-state index in [4.69, 9.17) is 0 Å². The lowest BCUT2D eigenvalue weighted by atomic mass is 9.90. The van der Waals surface area contributed by atoms with Crippen molar-refractivity contribution in [1.82, 2.24) is 5.32 Å². The van der Waals surface area contributed by atoms with Gasteiger partial charge in [0.05, 0.1) is 0 Å². The summed E-state index contributed by atoms with van der Waals surface area (Å²) in [5.74, 6) is 0.874. The fraction of sp³-hybridized carbons (Fsp3) is 0.636. The minimum absolute atomic E-state index is 0.874. The Labute approximate surface area is 75.6 Å². The molecule has 1 aliphatic rings. The van der Waals surface area contributed by atoms with Crippen LogP contribution in [0.1, 0.15) is 25.7 Å². The highest BCUT2D eigenvalue weighted by Gasteiger charge is 2.12. The van der Waals surface area contributed by atoms with Crippen molar-refractivity contribution >= 4 is 0 Å². The van der Waals surface area contributed by atoms with Gasteiger partial charge in [0.15, 0.2) is 0 Å². The Morgan fingerprint density at radius 3 is 2.67 bits per heavy atom. The van der Waals surface area contributed by atoms with E-state index in [0.717, 1.165) is 12.3 Å². The first-order valence-electron chi connectivity index (χ1n) is 4.81. The van der Waals surface area contributed by atoms with Gasteiger partial charge in [-0.3, -0.25) is 0 Å². The molecule has 1 saturated heterocycles. The number of hydrogen-bond acceptors (Lipinski definition) is 1. The molecule has 0 amide bonds. The average Bonchev–Trinajstić information content (AvgIpc) is 2.06. The highest BCUT2D eigenvalue weighted by Crippen LogP contribution is 2.21. The molecule has 0 saturated carbocycles. The Morgan fingerprint density at radius 2 is 2.08 bits per heavy atom. The van der Waals surface area contributed by atoms with Gasteiger partial charge in [-0.05, 0) is 44.7 Å². The summed E-state index contributed by atoms with van der Waals surface area (Å²) in [5, 5.41) is 3.37. The van der Waals surface area contributed by atoms with Gasteiger partial charge in [-0.15, -0.1) is 6.58 Å². The number of piperidine rings is 1. The molecule has 0 unspecified atom stereocenters. The van der Waals surface area contributed by atoms with Crippen molar-refractivity contribution in [3.05, 3.63) is 24.8 Å². The van der Waals surface area contributed by atoms with Gasteiger partial charge in [0.2, 0.25) is 0 Å². The number of allylic oxidation sites excluding steroid dienone is 2. The average molecular weight is 165 g/mol. The quantitative estimate of drug-likeness (QED) is 0.631. The zero-order valence-corrected chi connectivity index (χ0v) is 7.81.